The summed E-state index contributed by atoms with van der Waals surface area (Å²) in [7, 11) is 2.98. The Morgan fingerprint density at radius 1 is 0.735 bits per heavy atom. The van der Waals surface area contributed by atoms with Gasteiger partial charge in [-0.3, -0.25) is 29.5 Å². The summed E-state index contributed by atoms with van der Waals surface area (Å²) in [5.74, 6) is 1.03. The second-order valence-corrected chi connectivity index (χ2v) is 7.33. The van der Waals surface area contributed by atoms with E-state index in [-0.39, 0.29) is 28.0 Å². The molecular formula is C22H18N6O6. The average molecular weight is 462 g/mol. The summed E-state index contributed by atoms with van der Waals surface area (Å²) in [5, 5.41) is 0.0374. The van der Waals surface area contributed by atoms with Gasteiger partial charge in [-0.2, -0.15) is 0 Å². The van der Waals surface area contributed by atoms with Crippen molar-refractivity contribution in [1.82, 2.24) is 29.5 Å². The number of benzene rings is 1. The molecule has 0 unspecified atom stereocenters. The van der Waals surface area contributed by atoms with E-state index in [2.05, 4.69) is 24.9 Å². The number of rotatable bonds is 5. The van der Waals surface area contributed by atoms with E-state index in [1.165, 1.54) is 14.2 Å². The second-order valence-electron chi connectivity index (χ2n) is 7.33. The van der Waals surface area contributed by atoms with Gasteiger partial charge in [-0.05, 0) is 30.3 Å². The minimum Gasteiger partial charge on any atom is -0.493 e. The lowest BCUT2D eigenvalue weighted by molar-refractivity contribution is 0.355. The Morgan fingerprint density at radius 3 is 2.12 bits per heavy atom. The number of nitrogens with one attached hydrogen (secondary N) is 5. The van der Waals surface area contributed by atoms with E-state index in [1.807, 2.05) is 0 Å². The van der Waals surface area contributed by atoms with Crippen LogP contribution < -0.4 is 32.0 Å². The van der Waals surface area contributed by atoms with Crippen molar-refractivity contribution >= 4 is 11.0 Å². The molecule has 0 atom stereocenters. The third-order valence-electron chi connectivity index (χ3n) is 5.40. The van der Waals surface area contributed by atoms with Crippen molar-refractivity contribution in [3.63, 3.8) is 0 Å². The number of aromatic nitrogens is 6. The lowest BCUT2D eigenvalue weighted by Gasteiger charge is -2.12. The summed E-state index contributed by atoms with van der Waals surface area (Å²) >= 11 is 0. The molecule has 0 saturated heterocycles. The van der Waals surface area contributed by atoms with Gasteiger partial charge in [0.05, 0.1) is 30.9 Å². The fourth-order valence-corrected chi connectivity index (χ4v) is 3.97. The quantitative estimate of drug-likeness (QED) is 0.261. The third-order valence-corrected chi connectivity index (χ3v) is 5.40. The number of hydrogen-bond acceptors (Lipinski definition) is 6. The van der Waals surface area contributed by atoms with Gasteiger partial charge in [0.25, 0.3) is 11.1 Å². The molecule has 172 valence electrons. The van der Waals surface area contributed by atoms with Crippen LogP contribution in [0.5, 0.6) is 11.5 Å². The van der Waals surface area contributed by atoms with Gasteiger partial charge in [-0.1, -0.05) is 0 Å². The number of nitrogens with zero attached hydrogens (tertiary/aromatic N) is 1. The van der Waals surface area contributed by atoms with Crippen LogP contribution in [-0.2, 0) is 0 Å². The molecule has 0 aliphatic carbocycles. The van der Waals surface area contributed by atoms with Crippen LogP contribution in [0.25, 0.3) is 39.2 Å². The summed E-state index contributed by atoms with van der Waals surface area (Å²) in [6, 6.07) is 8.47. The second kappa shape index (κ2) is 7.85. The maximum Gasteiger partial charge on any atom is 0.327 e. The van der Waals surface area contributed by atoms with Gasteiger partial charge in [0.1, 0.15) is 11.5 Å². The first-order chi connectivity index (χ1) is 16.4. The molecule has 1 aromatic carbocycles. The van der Waals surface area contributed by atoms with E-state index in [0.717, 1.165) is 0 Å². The minimum absolute atomic E-state index is 0.0179. The number of aromatic amines is 5. The summed E-state index contributed by atoms with van der Waals surface area (Å²) in [4.78, 5) is 62.8. The van der Waals surface area contributed by atoms with Gasteiger partial charge in [-0.25, -0.2) is 9.59 Å². The zero-order valence-electron chi connectivity index (χ0n) is 17.9. The van der Waals surface area contributed by atoms with Crippen LogP contribution in [0.15, 0.2) is 61.9 Å². The van der Waals surface area contributed by atoms with Crippen molar-refractivity contribution in [2.45, 2.75) is 0 Å². The molecule has 5 rings (SSSR count). The van der Waals surface area contributed by atoms with E-state index in [1.54, 1.807) is 47.3 Å². The lowest BCUT2D eigenvalue weighted by atomic mass is 10.00. The SMILES string of the molecule is COc1ccc(-c2[nH]c3[nH]c(=O)[nH]c(=O)c3c2-c2c(-n3cccc3)[nH]c(=O)[nH]c2=O)cc1OC. The van der Waals surface area contributed by atoms with E-state index in [0.29, 0.717) is 22.8 Å². The van der Waals surface area contributed by atoms with E-state index in [4.69, 9.17) is 9.47 Å². The van der Waals surface area contributed by atoms with Gasteiger partial charge >= 0.3 is 11.4 Å². The van der Waals surface area contributed by atoms with E-state index >= 15 is 0 Å². The molecule has 4 aromatic heterocycles. The molecular weight excluding hydrogens is 444 g/mol. The summed E-state index contributed by atoms with van der Waals surface area (Å²) in [5.41, 5.74) is -1.68. The molecule has 12 heteroatoms. The van der Waals surface area contributed by atoms with Crippen molar-refractivity contribution in [3.05, 3.63) is 84.4 Å². The summed E-state index contributed by atoms with van der Waals surface area (Å²) < 4.78 is 12.2. The number of hydrogen-bond donors (Lipinski definition) is 5. The van der Waals surface area contributed by atoms with Gasteiger partial charge in [0, 0.05) is 23.5 Å². The largest absolute Gasteiger partial charge is 0.493 e. The van der Waals surface area contributed by atoms with Crippen molar-refractivity contribution in [2.75, 3.05) is 14.2 Å². The first-order valence-electron chi connectivity index (χ1n) is 10.0. The van der Waals surface area contributed by atoms with Crippen molar-refractivity contribution in [3.8, 4) is 39.7 Å². The molecule has 0 fully saturated rings. The molecule has 0 amide bonds. The predicted octanol–water partition coefficient (Wildman–Crippen LogP) is 1.06. The van der Waals surface area contributed by atoms with Crippen LogP contribution in [0.4, 0.5) is 0 Å². The first kappa shape index (κ1) is 20.9. The normalized spacial score (nSPS) is 11.1. The Hall–Kier alpha value is -5.00. The Bertz CT molecular complexity index is 1770. The highest BCUT2D eigenvalue weighted by atomic mass is 16.5. The monoisotopic (exact) mass is 462 g/mol. The van der Waals surface area contributed by atoms with Crippen LogP contribution in [0, 0.1) is 0 Å². The van der Waals surface area contributed by atoms with Crippen LogP contribution in [-0.4, -0.2) is 43.7 Å². The number of methoxy groups -OCH3 is 2. The molecule has 34 heavy (non-hydrogen) atoms. The van der Waals surface area contributed by atoms with Crippen LogP contribution >= 0.6 is 0 Å². The van der Waals surface area contributed by atoms with E-state index < -0.39 is 22.5 Å². The van der Waals surface area contributed by atoms with Crippen molar-refractivity contribution in [2.24, 2.45) is 0 Å². The molecule has 0 aliphatic rings. The molecule has 0 radical (unpaired) electrons. The fraction of sp³-hybridized carbons (Fsp3) is 0.0909. The zero-order chi connectivity index (χ0) is 24.0. The van der Waals surface area contributed by atoms with Gasteiger partial charge in [0.15, 0.2) is 11.5 Å². The molecule has 0 bridgehead atoms. The van der Waals surface area contributed by atoms with Crippen LogP contribution in [0.1, 0.15) is 0 Å². The minimum atomic E-state index is -0.722. The van der Waals surface area contributed by atoms with E-state index in [9.17, 15) is 19.2 Å². The molecule has 0 saturated carbocycles. The third kappa shape index (κ3) is 3.24. The highest BCUT2D eigenvalue weighted by molar-refractivity contribution is 6.03. The Kier molecular flexibility index (Phi) is 4.82. The molecule has 4 heterocycles. The number of fused-ring (bicyclic) bond motifs is 1. The molecule has 0 aliphatic heterocycles. The Labute approximate surface area is 188 Å². The van der Waals surface area contributed by atoms with Gasteiger partial charge in [-0.15, -0.1) is 0 Å². The topological polar surface area (TPSA) is 171 Å². The molecule has 5 aromatic rings. The van der Waals surface area contributed by atoms with Gasteiger partial charge in [0.2, 0.25) is 0 Å². The van der Waals surface area contributed by atoms with Gasteiger partial charge < -0.3 is 19.0 Å². The summed E-state index contributed by atoms with van der Waals surface area (Å²) in [6.07, 6.45) is 3.29. The highest BCUT2D eigenvalue weighted by Crippen LogP contribution is 2.39. The molecule has 0 spiro atoms. The molecule has 5 N–H and O–H groups in total. The average Bonchev–Trinajstić information content (AvgIpc) is 3.46. The molecule has 12 nitrogen and oxygen atoms in total. The standard InChI is InChI=1S/C22H18N6O6/c1-33-11-6-5-10(9-12(11)34-2)16-13(14-17(23-16)24-21(31)26-19(14)29)15-18(28-7-3-4-8-28)25-22(32)27-20(15)30/h3-9H,1-2H3,(H2,25,27,30,32)(H3,23,24,26,29,31). The number of ether oxygens (including phenoxy) is 2. The van der Waals surface area contributed by atoms with Crippen molar-refractivity contribution < 1.29 is 9.47 Å². The summed E-state index contributed by atoms with van der Waals surface area (Å²) in [6.45, 7) is 0. The smallest absolute Gasteiger partial charge is 0.327 e. The zero-order valence-corrected chi connectivity index (χ0v) is 17.9. The maximum absolute atomic E-state index is 13.2. The maximum atomic E-state index is 13.2. The van der Waals surface area contributed by atoms with Crippen molar-refractivity contribution in [1.29, 1.82) is 0 Å². The number of H-pyrrole nitrogens is 5. The van der Waals surface area contributed by atoms with Crippen LogP contribution in [0.3, 0.4) is 0 Å². The highest BCUT2D eigenvalue weighted by Gasteiger charge is 2.25. The Morgan fingerprint density at radius 2 is 1.41 bits per heavy atom. The first-order valence-corrected chi connectivity index (χ1v) is 10.0. The fourth-order valence-electron chi connectivity index (χ4n) is 3.97. The van der Waals surface area contributed by atoms with Crippen LogP contribution in [0.2, 0.25) is 0 Å². The Balaban J connectivity index is 1.95. The predicted molar refractivity (Wildman–Crippen MR) is 124 cm³/mol. The lowest BCUT2D eigenvalue weighted by Crippen LogP contribution is -2.27.